The molecule has 0 aromatic heterocycles. The minimum absolute atomic E-state index is 0.0564. The number of aliphatic hydroxyl groups excluding tert-OH is 1. The molecule has 0 saturated heterocycles. The third-order valence-corrected chi connectivity index (χ3v) is 7.15. The summed E-state index contributed by atoms with van der Waals surface area (Å²) in [6.45, 7) is 4.06. The fourth-order valence-electron chi connectivity index (χ4n) is 3.13. The van der Waals surface area contributed by atoms with Crippen molar-refractivity contribution in [3.63, 3.8) is 0 Å². The summed E-state index contributed by atoms with van der Waals surface area (Å²) >= 11 is 0. The molecular weight excluding hydrogens is 340 g/mol. The van der Waals surface area contributed by atoms with Gasteiger partial charge < -0.3 is 10.4 Å². The van der Waals surface area contributed by atoms with E-state index >= 15 is 0 Å². The predicted octanol–water partition coefficient (Wildman–Crippen LogP) is 2.00. The lowest BCUT2D eigenvalue weighted by Gasteiger charge is -2.26. The van der Waals surface area contributed by atoms with E-state index in [1.807, 2.05) is 0 Å². The van der Waals surface area contributed by atoms with E-state index in [0.717, 1.165) is 25.7 Å². The Morgan fingerprint density at radius 1 is 1.32 bits per heavy atom. The molecule has 1 aliphatic carbocycles. The predicted molar refractivity (Wildman–Crippen MR) is 96.8 cm³/mol. The number of amides is 1. The van der Waals surface area contributed by atoms with Crippen LogP contribution in [0.2, 0.25) is 0 Å². The highest BCUT2D eigenvalue weighted by Crippen LogP contribution is 2.36. The zero-order chi connectivity index (χ0) is 18.7. The Labute approximate surface area is 150 Å². The zero-order valence-corrected chi connectivity index (χ0v) is 16.0. The Balaban J connectivity index is 2.14. The SMILES string of the molecule is CC(C)N(C)S(=O)(=O)c1cccc(C(=O)NCC2(CO)CCCC2)c1. The Kier molecular flexibility index (Phi) is 6.24. The van der Waals surface area contributed by atoms with Gasteiger partial charge in [-0.15, -0.1) is 0 Å². The first kappa shape index (κ1) is 19.9. The Bertz CT molecular complexity index is 710. The topological polar surface area (TPSA) is 86.7 Å². The minimum atomic E-state index is -3.63. The summed E-state index contributed by atoms with van der Waals surface area (Å²) in [5.41, 5.74) is 0.0707. The lowest BCUT2D eigenvalue weighted by atomic mass is 9.87. The molecule has 0 bridgehead atoms. The number of nitrogens with one attached hydrogen (secondary N) is 1. The second kappa shape index (κ2) is 7.85. The van der Waals surface area contributed by atoms with Crippen LogP contribution < -0.4 is 5.32 Å². The molecule has 0 spiro atoms. The van der Waals surface area contributed by atoms with E-state index in [1.54, 1.807) is 26.0 Å². The van der Waals surface area contributed by atoms with Crippen LogP contribution in [0.25, 0.3) is 0 Å². The van der Waals surface area contributed by atoms with Crippen molar-refractivity contribution in [2.75, 3.05) is 20.2 Å². The van der Waals surface area contributed by atoms with Gasteiger partial charge in [0.2, 0.25) is 10.0 Å². The molecule has 0 radical (unpaired) electrons. The summed E-state index contributed by atoms with van der Waals surface area (Å²) in [4.78, 5) is 12.5. The van der Waals surface area contributed by atoms with Gasteiger partial charge >= 0.3 is 0 Å². The maximum Gasteiger partial charge on any atom is 0.251 e. The van der Waals surface area contributed by atoms with E-state index in [1.165, 1.54) is 23.5 Å². The van der Waals surface area contributed by atoms with Crippen molar-refractivity contribution in [2.24, 2.45) is 5.41 Å². The molecule has 140 valence electrons. The maximum absolute atomic E-state index is 12.6. The van der Waals surface area contributed by atoms with Gasteiger partial charge in [-0.3, -0.25) is 4.79 Å². The zero-order valence-electron chi connectivity index (χ0n) is 15.2. The van der Waals surface area contributed by atoms with Crippen LogP contribution >= 0.6 is 0 Å². The van der Waals surface area contributed by atoms with E-state index in [4.69, 9.17) is 0 Å². The van der Waals surface area contributed by atoms with Crippen molar-refractivity contribution < 1.29 is 18.3 Å². The first-order chi connectivity index (χ1) is 11.7. The van der Waals surface area contributed by atoms with E-state index in [2.05, 4.69) is 5.32 Å². The van der Waals surface area contributed by atoms with Gasteiger partial charge in [-0.1, -0.05) is 18.9 Å². The quantitative estimate of drug-likeness (QED) is 0.771. The monoisotopic (exact) mass is 368 g/mol. The molecule has 7 heteroatoms. The average molecular weight is 368 g/mol. The van der Waals surface area contributed by atoms with Gasteiger partial charge in [-0.25, -0.2) is 8.42 Å². The van der Waals surface area contributed by atoms with Crippen LogP contribution in [0.3, 0.4) is 0 Å². The summed E-state index contributed by atoms with van der Waals surface area (Å²) in [6.07, 6.45) is 3.92. The third kappa shape index (κ3) is 4.40. The second-order valence-corrected chi connectivity index (χ2v) is 9.19. The van der Waals surface area contributed by atoms with Gasteiger partial charge in [0.25, 0.3) is 5.91 Å². The smallest absolute Gasteiger partial charge is 0.251 e. The molecule has 0 heterocycles. The molecule has 1 saturated carbocycles. The number of sulfonamides is 1. The number of nitrogens with zero attached hydrogens (tertiary/aromatic N) is 1. The molecule has 25 heavy (non-hydrogen) atoms. The molecule has 2 N–H and O–H groups in total. The summed E-state index contributed by atoms with van der Waals surface area (Å²) in [7, 11) is -2.10. The number of carbonyl (C=O) groups is 1. The normalized spacial score (nSPS) is 17.2. The summed E-state index contributed by atoms with van der Waals surface area (Å²) in [6, 6.07) is 5.91. The van der Waals surface area contributed by atoms with Crippen LogP contribution in [-0.4, -0.2) is 50.0 Å². The van der Waals surface area contributed by atoms with Gasteiger partial charge in [-0.05, 0) is 44.9 Å². The lowest BCUT2D eigenvalue weighted by molar-refractivity contribution is 0.0880. The Morgan fingerprint density at radius 3 is 2.52 bits per heavy atom. The van der Waals surface area contributed by atoms with Gasteiger partial charge in [0.05, 0.1) is 11.5 Å². The molecule has 0 atom stereocenters. The molecule has 1 fully saturated rings. The molecule has 1 aromatic carbocycles. The summed E-state index contributed by atoms with van der Waals surface area (Å²) in [5, 5.41) is 12.5. The lowest BCUT2D eigenvalue weighted by Crippen LogP contribution is -2.38. The van der Waals surface area contributed by atoms with Crippen molar-refractivity contribution in [1.82, 2.24) is 9.62 Å². The molecule has 0 aliphatic heterocycles. The molecule has 2 rings (SSSR count). The van der Waals surface area contributed by atoms with Gasteiger partial charge in [0.1, 0.15) is 0 Å². The van der Waals surface area contributed by atoms with Crippen LogP contribution in [0.4, 0.5) is 0 Å². The fraction of sp³-hybridized carbons (Fsp3) is 0.611. The van der Waals surface area contributed by atoms with E-state index in [-0.39, 0.29) is 28.9 Å². The van der Waals surface area contributed by atoms with Gasteiger partial charge in [0.15, 0.2) is 0 Å². The highest BCUT2D eigenvalue weighted by Gasteiger charge is 2.33. The third-order valence-electron chi connectivity index (χ3n) is 5.12. The van der Waals surface area contributed by atoms with E-state index in [0.29, 0.717) is 12.1 Å². The Hall–Kier alpha value is -1.44. The van der Waals surface area contributed by atoms with Crippen molar-refractivity contribution in [3.8, 4) is 0 Å². The van der Waals surface area contributed by atoms with Crippen molar-refractivity contribution >= 4 is 15.9 Å². The number of hydrogen-bond acceptors (Lipinski definition) is 4. The highest BCUT2D eigenvalue weighted by molar-refractivity contribution is 7.89. The van der Waals surface area contributed by atoms with Crippen LogP contribution in [-0.2, 0) is 10.0 Å². The molecule has 6 nitrogen and oxygen atoms in total. The minimum Gasteiger partial charge on any atom is -0.396 e. The summed E-state index contributed by atoms with van der Waals surface area (Å²) < 4.78 is 26.4. The average Bonchev–Trinajstić information content (AvgIpc) is 3.08. The van der Waals surface area contributed by atoms with Crippen LogP contribution in [0.5, 0.6) is 0 Å². The molecule has 1 amide bonds. The largest absolute Gasteiger partial charge is 0.396 e. The van der Waals surface area contributed by atoms with E-state index in [9.17, 15) is 18.3 Å². The summed E-state index contributed by atoms with van der Waals surface area (Å²) in [5.74, 6) is -0.316. The highest BCUT2D eigenvalue weighted by atomic mass is 32.2. The van der Waals surface area contributed by atoms with Gasteiger partial charge in [0, 0.05) is 30.6 Å². The van der Waals surface area contributed by atoms with Crippen molar-refractivity contribution in [3.05, 3.63) is 29.8 Å². The van der Waals surface area contributed by atoms with Crippen molar-refractivity contribution in [2.45, 2.75) is 50.5 Å². The standard InChI is InChI=1S/C18H28N2O4S/c1-14(2)20(3)25(23,24)16-8-6-7-15(11-16)17(22)19-12-18(13-21)9-4-5-10-18/h6-8,11,14,21H,4-5,9-10,12-13H2,1-3H3,(H,19,22). The second-order valence-electron chi connectivity index (χ2n) is 7.19. The first-order valence-electron chi connectivity index (χ1n) is 8.69. The van der Waals surface area contributed by atoms with Crippen molar-refractivity contribution in [1.29, 1.82) is 0 Å². The number of aliphatic hydroxyl groups is 1. The molecule has 1 aromatic rings. The van der Waals surface area contributed by atoms with E-state index < -0.39 is 10.0 Å². The van der Waals surface area contributed by atoms with Gasteiger partial charge in [-0.2, -0.15) is 4.31 Å². The number of benzene rings is 1. The van der Waals surface area contributed by atoms with Crippen LogP contribution in [0.15, 0.2) is 29.2 Å². The maximum atomic E-state index is 12.6. The number of rotatable bonds is 7. The Morgan fingerprint density at radius 2 is 1.96 bits per heavy atom. The van der Waals surface area contributed by atoms with Crippen LogP contribution in [0, 0.1) is 5.41 Å². The van der Waals surface area contributed by atoms with Crippen LogP contribution in [0.1, 0.15) is 49.9 Å². The fourth-order valence-corrected chi connectivity index (χ4v) is 4.54. The number of carbonyl (C=O) groups excluding carboxylic acids is 1. The molecular formula is C18H28N2O4S. The number of hydrogen-bond donors (Lipinski definition) is 2. The first-order valence-corrected chi connectivity index (χ1v) is 10.1. The molecule has 1 aliphatic rings. The molecule has 0 unspecified atom stereocenters.